The SMILES string of the molecule is O=C(COc1ccc2ccccc2c1Br)NNC(=S)NC(=O)COc1ccc2ccccc2c1. The number of fused-ring (bicyclic) bond motifs is 2. The highest BCUT2D eigenvalue weighted by Gasteiger charge is 2.10. The molecule has 0 saturated carbocycles. The van der Waals surface area contributed by atoms with Gasteiger partial charge in [0.1, 0.15) is 11.5 Å². The third-order valence-corrected chi connectivity index (χ3v) is 5.87. The van der Waals surface area contributed by atoms with Crippen LogP contribution in [0.15, 0.2) is 83.3 Å². The first-order valence-electron chi connectivity index (χ1n) is 10.3. The molecule has 7 nitrogen and oxygen atoms in total. The molecule has 0 fully saturated rings. The second-order valence-electron chi connectivity index (χ2n) is 7.24. The van der Waals surface area contributed by atoms with Crippen LogP contribution in [-0.2, 0) is 9.59 Å². The lowest BCUT2D eigenvalue weighted by Crippen LogP contribution is -2.50. The monoisotopic (exact) mass is 537 g/mol. The number of nitrogens with one attached hydrogen (secondary N) is 3. The summed E-state index contributed by atoms with van der Waals surface area (Å²) in [5, 5.41) is 6.50. The lowest BCUT2D eigenvalue weighted by Gasteiger charge is -2.13. The van der Waals surface area contributed by atoms with Gasteiger partial charge in [0.2, 0.25) is 0 Å². The van der Waals surface area contributed by atoms with Crippen molar-refractivity contribution >= 4 is 66.6 Å². The van der Waals surface area contributed by atoms with Gasteiger partial charge in [-0.05, 0) is 67.9 Å². The first kappa shape index (κ1) is 23.5. The van der Waals surface area contributed by atoms with Crippen molar-refractivity contribution in [1.29, 1.82) is 0 Å². The molecule has 0 spiro atoms. The summed E-state index contributed by atoms with van der Waals surface area (Å²) < 4.78 is 11.9. The fourth-order valence-electron chi connectivity index (χ4n) is 3.23. The second-order valence-corrected chi connectivity index (χ2v) is 8.44. The molecule has 2 amide bonds. The van der Waals surface area contributed by atoms with Gasteiger partial charge in [-0.2, -0.15) is 0 Å². The van der Waals surface area contributed by atoms with E-state index in [1.165, 1.54) is 0 Å². The molecule has 3 N–H and O–H groups in total. The van der Waals surface area contributed by atoms with Crippen molar-refractivity contribution < 1.29 is 19.1 Å². The first-order valence-corrected chi connectivity index (χ1v) is 11.5. The predicted octanol–water partition coefficient (Wildman–Crippen LogP) is 4.24. The van der Waals surface area contributed by atoms with E-state index in [2.05, 4.69) is 32.1 Å². The number of amides is 2. The van der Waals surface area contributed by atoms with Crippen LogP contribution in [0.25, 0.3) is 21.5 Å². The van der Waals surface area contributed by atoms with Crippen molar-refractivity contribution in [2.75, 3.05) is 13.2 Å². The molecule has 0 atom stereocenters. The molecule has 4 aromatic carbocycles. The van der Waals surface area contributed by atoms with E-state index < -0.39 is 11.8 Å². The van der Waals surface area contributed by atoms with Gasteiger partial charge in [-0.1, -0.05) is 60.7 Å². The van der Waals surface area contributed by atoms with Crippen LogP contribution in [0.4, 0.5) is 0 Å². The van der Waals surface area contributed by atoms with Gasteiger partial charge in [-0.25, -0.2) is 0 Å². The van der Waals surface area contributed by atoms with Crippen LogP contribution in [0.1, 0.15) is 0 Å². The van der Waals surface area contributed by atoms with Gasteiger partial charge in [-0.3, -0.25) is 25.8 Å². The fraction of sp³-hybridized carbons (Fsp3) is 0.0800. The minimum absolute atomic E-state index is 0.0626. The summed E-state index contributed by atoms with van der Waals surface area (Å²) in [5.41, 5.74) is 4.85. The minimum Gasteiger partial charge on any atom is -0.484 e. The third-order valence-electron chi connectivity index (χ3n) is 4.85. The maximum atomic E-state index is 12.1. The molecule has 34 heavy (non-hydrogen) atoms. The standard InChI is InChI=1S/C25H20BrN3O4S/c26-24-20-8-4-3-6-17(20)10-12-21(24)33-15-23(31)28-29-25(34)27-22(30)14-32-19-11-9-16-5-1-2-7-18(16)13-19/h1-13H,14-15H2,(H,28,31)(H2,27,29,30,34). The normalized spacial score (nSPS) is 10.5. The van der Waals surface area contributed by atoms with Crippen molar-refractivity contribution in [2.45, 2.75) is 0 Å². The number of hydrazine groups is 1. The quantitative estimate of drug-likeness (QED) is 0.252. The molecular weight excluding hydrogens is 518 g/mol. The van der Waals surface area contributed by atoms with Gasteiger partial charge >= 0.3 is 0 Å². The lowest BCUT2D eigenvalue weighted by molar-refractivity contribution is -0.124. The highest BCUT2D eigenvalue weighted by Crippen LogP contribution is 2.32. The van der Waals surface area contributed by atoms with Crippen LogP contribution in [0.5, 0.6) is 11.5 Å². The molecule has 0 aromatic heterocycles. The molecule has 4 rings (SSSR count). The Morgan fingerprint density at radius 3 is 2.26 bits per heavy atom. The zero-order valence-electron chi connectivity index (χ0n) is 17.8. The average Bonchev–Trinajstić information content (AvgIpc) is 2.86. The summed E-state index contributed by atoms with van der Waals surface area (Å²) in [6.07, 6.45) is 0. The van der Waals surface area contributed by atoms with Gasteiger partial charge in [0, 0.05) is 0 Å². The van der Waals surface area contributed by atoms with Crippen LogP contribution >= 0.6 is 28.1 Å². The number of hydrogen-bond donors (Lipinski definition) is 3. The molecule has 172 valence electrons. The molecule has 4 aromatic rings. The Kier molecular flexibility index (Phi) is 7.56. The topological polar surface area (TPSA) is 88.7 Å². The van der Waals surface area contributed by atoms with Gasteiger partial charge in [-0.15, -0.1) is 0 Å². The Morgan fingerprint density at radius 1 is 0.765 bits per heavy atom. The van der Waals surface area contributed by atoms with E-state index in [1.54, 1.807) is 12.1 Å². The Balaban J connectivity index is 1.19. The Labute approximate surface area is 209 Å². The van der Waals surface area contributed by atoms with E-state index in [9.17, 15) is 9.59 Å². The smallest absolute Gasteiger partial charge is 0.276 e. The van der Waals surface area contributed by atoms with E-state index in [-0.39, 0.29) is 18.3 Å². The van der Waals surface area contributed by atoms with Gasteiger partial charge in [0.15, 0.2) is 18.3 Å². The van der Waals surface area contributed by atoms with Crippen LogP contribution in [-0.4, -0.2) is 30.1 Å². The number of benzene rings is 4. The van der Waals surface area contributed by atoms with Crippen molar-refractivity contribution in [3.63, 3.8) is 0 Å². The highest BCUT2D eigenvalue weighted by atomic mass is 79.9. The first-order chi connectivity index (χ1) is 16.5. The van der Waals surface area contributed by atoms with Crippen LogP contribution in [0.3, 0.4) is 0 Å². The number of carbonyl (C=O) groups excluding carboxylic acids is 2. The fourth-order valence-corrected chi connectivity index (χ4v) is 4.00. The van der Waals surface area contributed by atoms with E-state index in [0.29, 0.717) is 11.5 Å². The maximum absolute atomic E-state index is 12.1. The molecule has 9 heteroatoms. The van der Waals surface area contributed by atoms with E-state index >= 15 is 0 Å². The largest absolute Gasteiger partial charge is 0.484 e. The molecule has 0 unspecified atom stereocenters. The number of halogens is 1. The number of carbonyl (C=O) groups is 2. The van der Waals surface area contributed by atoms with E-state index in [1.807, 2.05) is 66.7 Å². The van der Waals surface area contributed by atoms with Gasteiger partial charge < -0.3 is 9.47 Å². The van der Waals surface area contributed by atoms with Crippen molar-refractivity contribution in [2.24, 2.45) is 0 Å². The summed E-state index contributed by atoms with van der Waals surface area (Å²) in [4.78, 5) is 24.2. The van der Waals surface area contributed by atoms with Gasteiger partial charge in [0.05, 0.1) is 4.47 Å². The molecular formula is C25H20BrN3O4S. The summed E-state index contributed by atoms with van der Waals surface area (Å²) in [5.74, 6) is 0.175. The molecule has 0 bridgehead atoms. The van der Waals surface area contributed by atoms with E-state index in [4.69, 9.17) is 21.7 Å². The highest BCUT2D eigenvalue weighted by molar-refractivity contribution is 9.10. The van der Waals surface area contributed by atoms with Crippen LogP contribution in [0, 0.1) is 0 Å². The van der Waals surface area contributed by atoms with Crippen molar-refractivity contribution in [1.82, 2.24) is 16.2 Å². The number of rotatable bonds is 6. The zero-order chi connectivity index (χ0) is 23.9. The second kappa shape index (κ2) is 11.0. The minimum atomic E-state index is -0.468. The molecule has 0 aliphatic heterocycles. The Hall–Kier alpha value is -3.69. The molecule has 0 saturated heterocycles. The summed E-state index contributed by atoms with van der Waals surface area (Å²) in [6, 6.07) is 24.9. The van der Waals surface area contributed by atoms with Crippen molar-refractivity contribution in [3.8, 4) is 11.5 Å². The number of thiocarbonyl (C=S) groups is 1. The molecule has 0 heterocycles. The lowest BCUT2D eigenvalue weighted by atomic mass is 10.1. The van der Waals surface area contributed by atoms with Crippen LogP contribution in [0.2, 0.25) is 0 Å². The Bertz CT molecular complexity index is 1380. The molecule has 0 radical (unpaired) electrons. The summed E-state index contributed by atoms with van der Waals surface area (Å²) >= 11 is 8.54. The molecule has 0 aliphatic carbocycles. The number of ether oxygens (including phenoxy) is 2. The predicted molar refractivity (Wildman–Crippen MR) is 139 cm³/mol. The Morgan fingerprint density at radius 2 is 1.44 bits per heavy atom. The molecule has 0 aliphatic rings. The third kappa shape index (κ3) is 6.00. The average molecular weight is 538 g/mol. The summed E-state index contributed by atoms with van der Waals surface area (Å²) in [7, 11) is 0. The zero-order valence-corrected chi connectivity index (χ0v) is 20.2. The van der Waals surface area contributed by atoms with Crippen molar-refractivity contribution in [3.05, 3.63) is 83.3 Å². The van der Waals surface area contributed by atoms with Crippen LogP contribution < -0.4 is 25.6 Å². The van der Waals surface area contributed by atoms with E-state index in [0.717, 1.165) is 26.0 Å². The summed E-state index contributed by atoms with van der Waals surface area (Å²) in [6.45, 7) is -0.473. The number of hydrogen-bond acceptors (Lipinski definition) is 5. The maximum Gasteiger partial charge on any atom is 0.276 e. The van der Waals surface area contributed by atoms with Gasteiger partial charge in [0.25, 0.3) is 11.8 Å².